The van der Waals surface area contributed by atoms with Crippen LogP contribution in [0.15, 0.2) is 4.52 Å². The van der Waals surface area contributed by atoms with Gasteiger partial charge in [0.15, 0.2) is 5.82 Å². The van der Waals surface area contributed by atoms with Crippen LogP contribution in [0, 0.1) is 0 Å². The van der Waals surface area contributed by atoms with Crippen LogP contribution < -0.4 is 0 Å². The van der Waals surface area contributed by atoms with Crippen molar-refractivity contribution in [1.29, 1.82) is 0 Å². The Bertz CT molecular complexity index is 404. The van der Waals surface area contributed by atoms with Gasteiger partial charge in [-0.05, 0) is 19.9 Å². The summed E-state index contributed by atoms with van der Waals surface area (Å²) in [6.07, 6.45) is 3.30. The van der Waals surface area contributed by atoms with Gasteiger partial charge in [0.25, 0.3) is 0 Å². The van der Waals surface area contributed by atoms with Gasteiger partial charge >= 0.3 is 0 Å². The molecule has 1 saturated carbocycles. The lowest BCUT2D eigenvalue weighted by Gasteiger charge is -2.29. The molecule has 0 radical (unpaired) electrons. The Kier molecular flexibility index (Phi) is 4.11. The van der Waals surface area contributed by atoms with Crippen LogP contribution in [0.5, 0.6) is 0 Å². The standard InChI is InChI=1S/C13H21N3O2/c1-9(2)13-14-12(18-15-13)8-16(3)10-4-6-11(17)7-5-10/h9-10H,4-8H2,1-3H3. The maximum atomic E-state index is 11.2. The fraction of sp³-hybridized carbons (Fsp3) is 0.769. The molecule has 1 fully saturated rings. The molecule has 0 aromatic carbocycles. The van der Waals surface area contributed by atoms with E-state index in [-0.39, 0.29) is 0 Å². The highest BCUT2D eigenvalue weighted by Crippen LogP contribution is 2.21. The molecule has 0 bridgehead atoms. The second-order valence-corrected chi connectivity index (χ2v) is 5.39. The van der Waals surface area contributed by atoms with Crippen LogP contribution in [0.4, 0.5) is 0 Å². The number of nitrogens with zero attached hydrogens (tertiary/aromatic N) is 3. The summed E-state index contributed by atoms with van der Waals surface area (Å²) in [5.41, 5.74) is 0. The maximum Gasteiger partial charge on any atom is 0.240 e. The van der Waals surface area contributed by atoms with Crippen LogP contribution in [-0.2, 0) is 11.3 Å². The van der Waals surface area contributed by atoms with Crippen molar-refractivity contribution in [3.8, 4) is 0 Å². The van der Waals surface area contributed by atoms with Gasteiger partial charge < -0.3 is 4.52 Å². The summed E-state index contributed by atoms with van der Waals surface area (Å²) in [4.78, 5) is 17.8. The second kappa shape index (κ2) is 5.61. The van der Waals surface area contributed by atoms with E-state index >= 15 is 0 Å². The van der Waals surface area contributed by atoms with Crippen molar-refractivity contribution in [2.75, 3.05) is 7.05 Å². The van der Waals surface area contributed by atoms with Crippen LogP contribution in [0.2, 0.25) is 0 Å². The predicted octanol–water partition coefficient (Wildman–Crippen LogP) is 2.14. The number of Topliss-reactive ketones (excluding diaryl/α,β-unsaturated/α-hetero) is 1. The maximum absolute atomic E-state index is 11.2. The van der Waals surface area contributed by atoms with Gasteiger partial charge in [0, 0.05) is 24.8 Å². The summed E-state index contributed by atoms with van der Waals surface area (Å²) in [5.74, 6) is 2.11. The minimum atomic E-state index is 0.292. The van der Waals surface area contributed by atoms with Gasteiger partial charge in [-0.3, -0.25) is 9.69 Å². The van der Waals surface area contributed by atoms with Crippen LogP contribution in [0.1, 0.15) is 57.2 Å². The van der Waals surface area contributed by atoms with Crippen molar-refractivity contribution < 1.29 is 9.32 Å². The summed E-state index contributed by atoms with van der Waals surface area (Å²) in [7, 11) is 2.06. The summed E-state index contributed by atoms with van der Waals surface area (Å²) < 4.78 is 5.24. The molecule has 0 saturated heterocycles. The molecule has 18 heavy (non-hydrogen) atoms. The van der Waals surface area contributed by atoms with E-state index in [0.29, 0.717) is 43.0 Å². The zero-order chi connectivity index (χ0) is 13.1. The molecule has 1 aliphatic carbocycles. The Balaban J connectivity index is 1.89. The van der Waals surface area contributed by atoms with Crippen molar-refractivity contribution in [3.63, 3.8) is 0 Å². The van der Waals surface area contributed by atoms with E-state index in [2.05, 4.69) is 22.1 Å². The fourth-order valence-electron chi connectivity index (χ4n) is 2.27. The number of ketones is 1. The second-order valence-electron chi connectivity index (χ2n) is 5.39. The Hall–Kier alpha value is -1.23. The lowest BCUT2D eigenvalue weighted by molar-refractivity contribution is -0.121. The Morgan fingerprint density at radius 1 is 1.39 bits per heavy atom. The zero-order valence-corrected chi connectivity index (χ0v) is 11.3. The molecule has 0 spiro atoms. The van der Waals surface area contributed by atoms with Crippen molar-refractivity contribution in [1.82, 2.24) is 15.0 Å². The largest absolute Gasteiger partial charge is 0.338 e. The molecular weight excluding hydrogens is 230 g/mol. The first-order valence-corrected chi connectivity index (χ1v) is 6.60. The Morgan fingerprint density at radius 3 is 2.61 bits per heavy atom. The molecule has 0 atom stereocenters. The predicted molar refractivity (Wildman–Crippen MR) is 67.1 cm³/mol. The number of hydrogen-bond donors (Lipinski definition) is 0. The molecule has 1 aromatic rings. The first-order valence-electron chi connectivity index (χ1n) is 6.60. The third-order valence-corrected chi connectivity index (χ3v) is 3.52. The summed E-state index contributed by atoms with van der Waals surface area (Å²) in [6.45, 7) is 4.76. The molecular formula is C13H21N3O2. The first kappa shape index (κ1) is 13.2. The molecule has 0 N–H and O–H groups in total. The number of rotatable bonds is 4. The smallest absolute Gasteiger partial charge is 0.240 e. The average Bonchev–Trinajstić information content (AvgIpc) is 2.78. The number of carbonyl (C=O) groups excluding carboxylic acids is 1. The van der Waals surface area contributed by atoms with Gasteiger partial charge in [-0.2, -0.15) is 4.98 Å². The normalized spacial score (nSPS) is 17.9. The van der Waals surface area contributed by atoms with Gasteiger partial charge in [0.05, 0.1) is 6.54 Å². The number of aromatic nitrogens is 2. The zero-order valence-electron chi connectivity index (χ0n) is 11.3. The molecule has 1 aliphatic rings. The lowest BCUT2D eigenvalue weighted by atomic mass is 9.93. The van der Waals surface area contributed by atoms with E-state index in [1.165, 1.54) is 0 Å². The van der Waals surface area contributed by atoms with Gasteiger partial charge in [0.2, 0.25) is 5.89 Å². The van der Waals surface area contributed by atoms with Crippen molar-refractivity contribution in [2.24, 2.45) is 0 Å². The van der Waals surface area contributed by atoms with E-state index in [0.717, 1.165) is 18.7 Å². The van der Waals surface area contributed by atoms with E-state index in [4.69, 9.17) is 4.52 Å². The Morgan fingerprint density at radius 2 is 2.06 bits per heavy atom. The molecule has 0 aliphatic heterocycles. The van der Waals surface area contributed by atoms with Crippen molar-refractivity contribution in [2.45, 2.75) is 58.0 Å². The molecule has 0 unspecified atom stereocenters. The molecule has 5 nitrogen and oxygen atoms in total. The third-order valence-electron chi connectivity index (χ3n) is 3.52. The first-order chi connectivity index (χ1) is 8.56. The van der Waals surface area contributed by atoms with Gasteiger partial charge in [-0.25, -0.2) is 0 Å². The summed E-state index contributed by atoms with van der Waals surface area (Å²) in [5, 5.41) is 3.96. The minimum Gasteiger partial charge on any atom is -0.338 e. The molecule has 5 heteroatoms. The molecule has 0 amide bonds. The van der Waals surface area contributed by atoms with Crippen LogP contribution in [0.3, 0.4) is 0 Å². The van der Waals surface area contributed by atoms with Crippen molar-refractivity contribution in [3.05, 3.63) is 11.7 Å². The van der Waals surface area contributed by atoms with Crippen molar-refractivity contribution >= 4 is 5.78 Å². The molecule has 1 aromatic heterocycles. The third kappa shape index (κ3) is 3.16. The SMILES string of the molecule is CC(C)c1noc(CN(C)C2CCC(=O)CC2)n1. The quantitative estimate of drug-likeness (QED) is 0.820. The highest BCUT2D eigenvalue weighted by atomic mass is 16.5. The lowest BCUT2D eigenvalue weighted by Crippen LogP contribution is -2.34. The monoisotopic (exact) mass is 251 g/mol. The van der Waals surface area contributed by atoms with Gasteiger partial charge in [0.1, 0.15) is 5.78 Å². The van der Waals surface area contributed by atoms with Gasteiger partial charge in [-0.15, -0.1) is 0 Å². The highest BCUT2D eigenvalue weighted by Gasteiger charge is 2.23. The van der Waals surface area contributed by atoms with Crippen LogP contribution >= 0.6 is 0 Å². The minimum absolute atomic E-state index is 0.292. The van der Waals surface area contributed by atoms with E-state index in [1.54, 1.807) is 0 Å². The number of carbonyl (C=O) groups is 1. The molecule has 1 heterocycles. The summed E-state index contributed by atoms with van der Waals surface area (Å²) in [6, 6.07) is 0.456. The molecule has 100 valence electrons. The topological polar surface area (TPSA) is 59.2 Å². The average molecular weight is 251 g/mol. The summed E-state index contributed by atoms with van der Waals surface area (Å²) >= 11 is 0. The number of hydrogen-bond acceptors (Lipinski definition) is 5. The molecule has 2 rings (SSSR count). The van der Waals surface area contributed by atoms with Crippen LogP contribution in [0.25, 0.3) is 0 Å². The Labute approximate surface area is 108 Å². The highest BCUT2D eigenvalue weighted by molar-refractivity contribution is 5.79. The fourth-order valence-corrected chi connectivity index (χ4v) is 2.27. The van der Waals surface area contributed by atoms with Gasteiger partial charge in [-0.1, -0.05) is 19.0 Å². The van der Waals surface area contributed by atoms with E-state index < -0.39 is 0 Å². The van der Waals surface area contributed by atoms with E-state index in [9.17, 15) is 4.79 Å². The van der Waals surface area contributed by atoms with Crippen LogP contribution in [-0.4, -0.2) is 33.9 Å². The van der Waals surface area contributed by atoms with E-state index in [1.807, 2.05) is 13.8 Å².